The third kappa shape index (κ3) is 6.99. The Labute approximate surface area is 198 Å². The lowest BCUT2D eigenvalue weighted by molar-refractivity contribution is -0.137. The maximum absolute atomic E-state index is 13.0. The Morgan fingerprint density at radius 1 is 1.14 bits per heavy atom. The molecule has 1 aliphatic rings. The Morgan fingerprint density at radius 3 is 2.54 bits per heavy atom. The SMILES string of the molecule is NC(=O)Nc1ccc(C(F)(F)F)cc1C(=O)NCC(=O)N[C@@H]1CCN(Cc2ccc(O)c(N)c2)C1. The molecule has 2 aromatic carbocycles. The lowest BCUT2D eigenvalue weighted by Crippen LogP contribution is -2.43. The summed E-state index contributed by atoms with van der Waals surface area (Å²) in [6, 6.07) is 5.88. The fraction of sp³-hybridized carbons (Fsp3) is 0.318. The van der Waals surface area contributed by atoms with Gasteiger partial charge in [0.15, 0.2) is 0 Å². The van der Waals surface area contributed by atoms with Crippen LogP contribution in [0.3, 0.4) is 0 Å². The Bertz CT molecular complexity index is 1120. The van der Waals surface area contributed by atoms with E-state index in [4.69, 9.17) is 11.5 Å². The highest BCUT2D eigenvalue weighted by Crippen LogP contribution is 2.32. The number of benzene rings is 2. The molecular formula is C22H25F3N6O4. The van der Waals surface area contributed by atoms with Crippen molar-refractivity contribution >= 4 is 29.2 Å². The number of hydrogen-bond donors (Lipinski definition) is 6. The van der Waals surface area contributed by atoms with Crippen LogP contribution in [0.4, 0.5) is 29.3 Å². The standard InChI is InChI=1S/C22H25F3N6O4/c23-22(24,25)13-2-3-17(30-21(27)35)15(8-13)20(34)28-9-19(33)29-14-5-6-31(11-14)10-12-1-4-18(32)16(26)7-12/h1-4,7-8,14,32H,5-6,9-11,26H2,(H,28,34)(H,29,33)(H3,27,30,35)/t14-/m1/s1. The molecule has 3 rings (SSSR count). The summed E-state index contributed by atoms with van der Waals surface area (Å²) in [6.45, 7) is 1.33. The smallest absolute Gasteiger partial charge is 0.416 e. The van der Waals surface area contributed by atoms with E-state index in [1.54, 1.807) is 12.1 Å². The molecule has 4 amide bonds. The first-order valence-electron chi connectivity index (χ1n) is 10.6. The number of nitrogens with one attached hydrogen (secondary N) is 3. The zero-order valence-corrected chi connectivity index (χ0v) is 18.5. The van der Waals surface area contributed by atoms with Crippen molar-refractivity contribution < 1.29 is 32.7 Å². The van der Waals surface area contributed by atoms with Gasteiger partial charge in [0.25, 0.3) is 5.91 Å². The molecule has 1 fully saturated rings. The highest BCUT2D eigenvalue weighted by molar-refractivity contribution is 6.04. The minimum Gasteiger partial charge on any atom is -0.506 e. The summed E-state index contributed by atoms with van der Waals surface area (Å²) in [5.41, 5.74) is 10.1. The number of likely N-dealkylation sites (tertiary alicyclic amines) is 1. The number of phenolic OH excluding ortho intramolecular Hbond substituents is 1. The summed E-state index contributed by atoms with van der Waals surface area (Å²) in [6.07, 6.45) is -4.05. The van der Waals surface area contributed by atoms with Crippen LogP contribution < -0.4 is 27.4 Å². The van der Waals surface area contributed by atoms with Crippen LogP contribution in [0.15, 0.2) is 36.4 Å². The molecule has 0 spiro atoms. The fourth-order valence-corrected chi connectivity index (χ4v) is 3.74. The predicted octanol–water partition coefficient (Wildman–Crippen LogP) is 1.60. The summed E-state index contributed by atoms with van der Waals surface area (Å²) < 4.78 is 39.1. The molecule has 35 heavy (non-hydrogen) atoms. The van der Waals surface area contributed by atoms with Gasteiger partial charge in [0.2, 0.25) is 5.91 Å². The second kappa shape index (κ2) is 10.5. The summed E-state index contributed by atoms with van der Waals surface area (Å²) in [7, 11) is 0. The number of nitrogen functional groups attached to an aromatic ring is 1. The monoisotopic (exact) mass is 494 g/mol. The first-order chi connectivity index (χ1) is 16.4. The van der Waals surface area contributed by atoms with Gasteiger partial charge in [-0.3, -0.25) is 14.5 Å². The summed E-state index contributed by atoms with van der Waals surface area (Å²) in [5, 5.41) is 16.7. The van der Waals surface area contributed by atoms with Crippen LogP contribution >= 0.6 is 0 Å². The van der Waals surface area contributed by atoms with Gasteiger partial charge in [0.1, 0.15) is 5.75 Å². The number of amides is 4. The number of carbonyl (C=O) groups is 3. The van der Waals surface area contributed by atoms with Crippen molar-refractivity contribution in [2.24, 2.45) is 5.73 Å². The van der Waals surface area contributed by atoms with Crippen molar-refractivity contribution in [2.75, 3.05) is 30.7 Å². The van der Waals surface area contributed by atoms with Crippen LogP contribution in [0.5, 0.6) is 5.75 Å². The number of aromatic hydroxyl groups is 1. The van der Waals surface area contributed by atoms with E-state index in [-0.39, 0.29) is 23.2 Å². The maximum atomic E-state index is 13.0. The number of alkyl halides is 3. The van der Waals surface area contributed by atoms with E-state index >= 15 is 0 Å². The minimum atomic E-state index is -4.71. The van der Waals surface area contributed by atoms with E-state index in [1.165, 1.54) is 6.07 Å². The molecule has 0 aromatic heterocycles. The van der Waals surface area contributed by atoms with E-state index in [9.17, 15) is 32.7 Å². The topological polar surface area (TPSA) is 163 Å². The molecule has 10 nitrogen and oxygen atoms in total. The first kappa shape index (κ1) is 25.6. The summed E-state index contributed by atoms with van der Waals surface area (Å²) in [5.74, 6) is -1.49. The molecule has 0 aliphatic carbocycles. The van der Waals surface area contributed by atoms with Gasteiger partial charge < -0.3 is 32.5 Å². The predicted molar refractivity (Wildman–Crippen MR) is 121 cm³/mol. The molecule has 0 bridgehead atoms. The molecule has 1 heterocycles. The fourth-order valence-electron chi connectivity index (χ4n) is 3.74. The van der Waals surface area contributed by atoms with Crippen molar-refractivity contribution in [3.8, 4) is 5.75 Å². The van der Waals surface area contributed by atoms with Gasteiger partial charge in [0.05, 0.1) is 29.0 Å². The lowest BCUT2D eigenvalue weighted by Gasteiger charge is -2.17. The molecule has 1 aliphatic heterocycles. The quantitative estimate of drug-likeness (QED) is 0.253. The van der Waals surface area contributed by atoms with Gasteiger partial charge in [-0.15, -0.1) is 0 Å². The van der Waals surface area contributed by atoms with Crippen molar-refractivity contribution in [2.45, 2.75) is 25.2 Å². The zero-order valence-electron chi connectivity index (χ0n) is 18.5. The molecule has 0 saturated carbocycles. The Kier molecular flexibility index (Phi) is 7.69. The number of urea groups is 1. The number of halogens is 3. The first-order valence-corrected chi connectivity index (χ1v) is 10.6. The van der Waals surface area contributed by atoms with E-state index in [0.717, 1.165) is 11.6 Å². The molecule has 8 N–H and O–H groups in total. The highest BCUT2D eigenvalue weighted by atomic mass is 19.4. The number of carbonyl (C=O) groups excluding carboxylic acids is 3. The largest absolute Gasteiger partial charge is 0.506 e. The molecule has 188 valence electrons. The van der Waals surface area contributed by atoms with Crippen molar-refractivity contribution in [1.82, 2.24) is 15.5 Å². The van der Waals surface area contributed by atoms with Crippen LogP contribution in [-0.4, -0.2) is 53.5 Å². The Hall–Kier alpha value is -4.00. The van der Waals surface area contributed by atoms with E-state index in [1.807, 2.05) is 0 Å². The highest BCUT2D eigenvalue weighted by Gasteiger charge is 2.32. The second-order valence-electron chi connectivity index (χ2n) is 8.11. The number of hydrogen-bond acceptors (Lipinski definition) is 6. The molecule has 1 saturated heterocycles. The summed E-state index contributed by atoms with van der Waals surface area (Å²) in [4.78, 5) is 38.0. The molecule has 0 unspecified atom stereocenters. The lowest BCUT2D eigenvalue weighted by atomic mass is 10.1. The molecule has 1 atom stereocenters. The summed E-state index contributed by atoms with van der Waals surface area (Å²) >= 11 is 0. The van der Waals surface area contributed by atoms with Crippen LogP contribution in [0.25, 0.3) is 0 Å². The molecular weight excluding hydrogens is 469 g/mol. The number of phenols is 1. The van der Waals surface area contributed by atoms with Crippen LogP contribution in [0.2, 0.25) is 0 Å². The minimum absolute atomic E-state index is 0.00465. The average molecular weight is 494 g/mol. The molecule has 0 radical (unpaired) electrons. The van der Waals surface area contributed by atoms with Gasteiger partial charge in [0, 0.05) is 25.7 Å². The average Bonchev–Trinajstić information content (AvgIpc) is 3.20. The van der Waals surface area contributed by atoms with E-state index in [2.05, 4.69) is 20.9 Å². The maximum Gasteiger partial charge on any atom is 0.416 e. The van der Waals surface area contributed by atoms with Gasteiger partial charge in [-0.1, -0.05) is 6.07 Å². The van der Waals surface area contributed by atoms with Crippen molar-refractivity contribution in [3.05, 3.63) is 53.1 Å². The van der Waals surface area contributed by atoms with Crippen molar-refractivity contribution in [1.29, 1.82) is 0 Å². The zero-order chi connectivity index (χ0) is 25.8. The van der Waals surface area contributed by atoms with E-state index in [0.29, 0.717) is 38.2 Å². The Balaban J connectivity index is 1.54. The van der Waals surface area contributed by atoms with Crippen LogP contribution in [0.1, 0.15) is 27.9 Å². The Morgan fingerprint density at radius 2 is 1.89 bits per heavy atom. The molecule has 2 aromatic rings. The second-order valence-corrected chi connectivity index (χ2v) is 8.11. The van der Waals surface area contributed by atoms with Crippen molar-refractivity contribution in [3.63, 3.8) is 0 Å². The molecule has 13 heteroatoms. The van der Waals surface area contributed by atoms with Crippen LogP contribution in [0, 0.1) is 0 Å². The number of nitrogens with zero attached hydrogens (tertiary/aromatic N) is 1. The van der Waals surface area contributed by atoms with Gasteiger partial charge in [-0.25, -0.2) is 4.79 Å². The number of anilines is 2. The third-order valence-electron chi connectivity index (χ3n) is 5.39. The van der Waals surface area contributed by atoms with Gasteiger partial charge >= 0.3 is 12.2 Å². The van der Waals surface area contributed by atoms with E-state index < -0.39 is 41.7 Å². The third-order valence-corrected chi connectivity index (χ3v) is 5.39. The van der Waals surface area contributed by atoms with Gasteiger partial charge in [-0.2, -0.15) is 13.2 Å². The number of nitrogens with two attached hydrogens (primary N) is 2. The number of rotatable bonds is 7. The normalized spacial score (nSPS) is 16.0. The van der Waals surface area contributed by atoms with Gasteiger partial charge in [-0.05, 0) is 42.3 Å². The van der Waals surface area contributed by atoms with Crippen LogP contribution in [-0.2, 0) is 17.5 Å². The number of primary amides is 1.